The highest BCUT2D eigenvalue weighted by Crippen LogP contribution is 2.10. The summed E-state index contributed by atoms with van der Waals surface area (Å²) in [5.74, 6) is -1.00. The van der Waals surface area contributed by atoms with Crippen LogP contribution in [0.3, 0.4) is 0 Å². The summed E-state index contributed by atoms with van der Waals surface area (Å²) >= 11 is 0. The van der Waals surface area contributed by atoms with Crippen LogP contribution in [0.4, 0.5) is 4.79 Å². The Labute approximate surface area is 150 Å². The van der Waals surface area contributed by atoms with Crippen molar-refractivity contribution in [1.82, 2.24) is 5.32 Å². The minimum atomic E-state index is -0.849. The van der Waals surface area contributed by atoms with Gasteiger partial charge in [-0.1, -0.05) is 6.08 Å². The predicted molar refractivity (Wildman–Crippen MR) is 94.0 cm³/mol. The fourth-order valence-electron chi connectivity index (χ4n) is 1.72. The summed E-state index contributed by atoms with van der Waals surface area (Å²) in [6, 6.07) is -0.849. The van der Waals surface area contributed by atoms with Gasteiger partial charge in [-0.2, -0.15) is 0 Å². The Morgan fingerprint density at radius 1 is 1.00 bits per heavy atom. The van der Waals surface area contributed by atoms with Crippen molar-refractivity contribution >= 4 is 18.0 Å². The second kappa shape index (κ2) is 10.1. The standard InChI is InChI=1S/C18H31NO6/c1-8-23-15(21)13(19-16(22)25-18(5,6)7)11-9-10-12-14(20)24-17(2,3)4/h10,12-13H,8-9,11H2,1-7H3,(H,19,22)/b12-10+/t13-/m0/s1. The highest BCUT2D eigenvalue weighted by molar-refractivity contribution is 5.82. The number of allylic oxidation sites excluding steroid dienone is 1. The van der Waals surface area contributed by atoms with Gasteiger partial charge in [0.1, 0.15) is 17.2 Å². The van der Waals surface area contributed by atoms with Gasteiger partial charge >= 0.3 is 18.0 Å². The third kappa shape index (κ3) is 13.0. The van der Waals surface area contributed by atoms with Crippen LogP contribution in [0.2, 0.25) is 0 Å². The zero-order chi connectivity index (χ0) is 19.7. The van der Waals surface area contributed by atoms with E-state index in [4.69, 9.17) is 14.2 Å². The van der Waals surface area contributed by atoms with Gasteiger partial charge < -0.3 is 19.5 Å². The van der Waals surface area contributed by atoms with E-state index in [9.17, 15) is 14.4 Å². The van der Waals surface area contributed by atoms with Crippen LogP contribution in [0.25, 0.3) is 0 Å². The highest BCUT2D eigenvalue weighted by Gasteiger charge is 2.24. The van der Waals surface area contributed by atoms with Gasteiger partial charge in [0, 0.05) is 6.08 Å². The minimum Gasteiger partial charge on any atom is -0.464 e. The van der Waals surface area contributed by atoms with Crippen molar-refractivity contribution in [2.75, 3.05) is 6.61 Å². The van der Waals surface area contributed by atoms with Crippen molar-refractivity contribution in [3.63, 3.8) is 0 Å². The number of amides is 1. The largest absolute Gasteiger partial charge is 0.464 e. The molecule has 1 atom stereocenters. The Hall–Kier alpha value is -2.05. The zero-order valence-corrected chi connectivity index (χ0v) is 16.3. The Balaban J connectivity index is 4.62. The number of rotatable bonds is 7. The van der Waals surface area contributed by atoms with Crippen LogP contribution in [-0.4, -0.2) is 41.9 Å². The van der Waals surface area contributed by atoms with Crippen molar-refractivity contribution in [3.8, 4) is 0 Å². The Bertz CT molecular complexity index is 485. The van der Waals surface area contributed by atoms with Crippen LogP contribution in [0.15, 0.2) is 12.2 Å². The van der Waals surface area contributed by atoms with Gasteiger partial charge in [-0.3, -0.25) is 0 Å². The maximum Gasteiger partial charge on any atom is 0.408 e. The van der Waals surface area contributed by atoms with E-state index in [-0.39, 0.29) is 13.0 Å². The maximum absolute atomic E-state index is 12.0. The summed E-state index contributed by atoms with van der Waals surface area (Å²) in [6.07, 6.45) is 2.87. The summed E-state index contributed by atoms with van der Waals surface area (Å²) < 4.78 is 15.2. The fourth-order valence-corrected chi connectivity index (χ4v) is 1.72. The SMILES string of the molecule is CCOC(=O)[C@H](CC/C=C/C(=O)OC(C)(C)C)NC(=O)OC(C)(C)C. The van der Waals surface area contributed by atoms with Crippen molar-refractivity contribution in [2.24, 2.45) is 0 Å². The first-order chi connectivity index (χ1) is 11.3. The molecule has 0 saturated carbocycles. The molecule has 7 heteroatoms. The molecule has 0 fully saturated rings. The normalized spacial score (nSPS) is 13.2. The molecule has 144 valence electrons. The monoisotopic (exact) mass is 357 g/mol. The number of nitrogens with one attached hydrogen (secondary N) is 1. The first-order valence-electron chi connectivity index (χ1n) is 8.39. The smallest absolute Gasteiger partial charge is 0.408 e. The summed E-state index contributed by atoms with van der Waals surface area (Å²) in [4.78, 5) is 35.4. The van der Waals surface area contributed by atoms with E-state index in [1.807, 2.05) is 0 Å². The van der Waals surface area contributed by atoms with Crippen LogP contribution in [-0.2, 0) is 23.8 Å². The van der Waals surface area contributed by atoms with Crippen LogP contribution in [0.5, 0.6) is 0 Å². The molecule has 0 aromatic rings. The number of hydrogen-bond acceptors (Lipinski definition) is 6. The third-order valence-corrected chi connectivity index (χ3v) is 2.54. The molecule has 0 aromatic heterocycles. The van der Waals surface area contributed by atoms with Gasteiger partial charge in [0.2, 0.25) is 0 Å². The molecule has 0 saturated heterocycles. The van der Waals surface area contributed by atoms with Crippen molar-refractivity contribution in [3.05, 3.63) is 12.2 Å². The molecule has 1 amide bonds. The molecule has 0 aliphatic heterocycles. The van der Waals surface area contributed by atoms with Crippen LogP contribution >= 0.6 is 0 Å². The molecule has 0 aliphatic rings. The second-order valence-corrected chi connectivity index (χ2v) is 7.46. The van der Waals surface area contributed by atoms with E-state index in [1.165, 1.54) is 6.08 Å². The van der Waals surface area contributed by atoms with E-state index < -0.39 is 35.3 Å². The lowest BCUT2D eigenvalue weighted by atomic mass is 10.1. The second-order valence-electron chi connectivity index (χ2n) is 7.46. The van der Waals surface area contributed by atoms with Gasteiger partial charge in [0.05, 0.1) is 6.61 Å². The quantitative estimate of drug-likeness (QED) is 0.428. The van der Waals surface area contributed by atoms with Crippen LogP contribution in [0, 0.1) is 0 Å². The first-order valence-corrected chi connectivity index (χ1v) is 8.39. The van der Waals surface area contributed by atoms with E-state index in [2.05, 4.69) is 5.32 Å². The van der Waals surface area contributed by atoms with Crippen molar-refractivity contribution in [1.29, 1.82) is 0 Å². The zero-order valence-electron chi connectivity index (χ0n) is 16.3. The molecule has 0 unspecified atom stereocenters. The van der Waals surface area contributed by atoms with Gasteiger partial charge in [-0.05, 0) is 61.3 Å². The molecule has 0 heterocycles. The minimum absolute atomic E-state index is 0.207. The van der Waals surface area contributed by atoms with Gasteiger partial charge in [-0.25, -0.2) is 14.4 Å². The molecular weight excluding hydrogens is 326 g/mol. The average Bonchev–Trinajstić information content (AvgIpc) is 2.38. The summed E-state index contributed by atoms with van der Waals surface area (Å²) in [5, 5.41) is 2.50. The molecule has 0 radical (unpaired) electrons. The molecule has 0 bridgehead atoms. The molecule has 25 heavy (non-hydrogen) atoms. The number of carbonyl (C=O) groups is 3. The van der Waals surface area contributed by atoms with Gasteiger partial charge in [0.15, 0.2) is 0 Å². The van der Waals surface area contributed by atoms with Crippen LogP contribution in [0.1, 0.15) is 61.3 Å². The average molecular weight is 357 g/mol. The summed E-state index contributed by atoms with van der Waals surface area (Å²) in [6.45, 7) is 12.4. The molecule has 0 rings (SSSR count). The Morgan fingerprint density at radius 3 is 2.04 bits per heavy atom. The van der Waals surface area contributed by atoms with E-state index >= 15 is 0 Å². The molecule has 0 aliphatic carbocycles. The topological polar surface area (TPSA) is 90.9 Å². The van der Waals surface area contributed by atoms with Gasteiger partial charge in [0.25, 0.3) is 0 Å². The number of alkyl carbamates (subject to hydrolysis) is 1. The molecule has 0 aromatic carbocycles. The molecular formula is C18H31NO6. The van der Waals surface area contributed by atoms with Crippen molar-refractivity contribution in [2.45, 2.75) is 78.6 Å². The highest BCUT2D eigenvalue weighted by atomic mass is 16.6. The molecule has 0 spiro atoms. The van der Waals surface area contributed by atoms with E-state index in [1.54, 1.807) is 54.5 Å². The molecule has 1 N–H and O–H groups in total. The number of hydrogen-bond donors (Lipinski definition) is 1. The summed E-state index contributed by atoms with van der Waals surface area (Å²) in [7, 11) is 0. The number of carbonyl (C=O) groups excluding carboxylic acids is 3. The summed E-state index contributed by atoms with van der Waals surface area (Å²) in [5.41, 5.74) is -1.23. The lowest BCUT2D eigenvalue weighted by molar-refractivity contribution is -0.148. The maximum atomic E-state index is 12.0. The lowest BCUT2D eigenvalue weighted by Crippen LogP contribution is -2.44. The Kier molecular flexibility index (Phi) is 9.23. The van der Waals surface area contributed by atoms with Crippen molar-refractivity contribution < 1.29 is 28.6 Å². The van der Waals surface area contributed by atoms with E-state index in [0.29, 0.717) is 6.42 Å². The van der Waals surface area contributed by atoms with Gasteiger partial charge in [-0.15, -0.1) is 0 Å². The Morgan fingerprint density at radius 2 is 1.56 bits per heavy atom. The third-order valence-electron chi connectivity index (χ3n) is 2.54. The van der Waals surface area contributed by atoms with Crippen LogP contribution < -0.4 is 5.32 Å². The predicted octanol–water partition coefficient (Wildman–Crippen LogP) is 3.12. The lowest BCUT2D eigenvalue weighted by Gasteiger charge is -2.22. The number of ether oxygens (including phenoxy) is 3. The number of esters is 2. The molecule has 7 nitrogen and oxygen atoms in total. The first kappa shape index (κ1) is 22.9. The van der Waals surface area contributed by atoms with E-state index in [0.717, 1.165) is 0 Å². The fraction of sp³-hybridized carbons (Fsp3) is 0.722.